The molecule has 4 unspecified atom stereocenters. The predicted molar refractivity (Wildman–Crippen MR) is 97.3 cm³/mol. The first-order valence-corrected chi connectivity index (χ1v) is 9.83. The van der Waals surface area contributed by atoms with E-state index in [1.807, 2.05) is 0 Å². The van der Waals surface area contributed by atoms with Gasteiger partial charge >= 0.3 is 0 Å². The molecule has 3 aliphatic rings. The first-order chi connectivity index (χ1) is 11.6. The van der Waals surface area contributed by atoms with Gasteiger partial charge in [-0.1, -0.05) is 13.8 Å². The molecular weight excluding hydrogens is 302 g/mol. The van der Waals surface area contributed by atoms with E-state index in [2.05, 4.69) is 37.9 Å². The Labute approximate surface area is 147 Å². The number of nitrogens with one attached hydrogen (secondary N) is 1. The van der Waals surface area contributed by atoms with Gasteiger partial charge in [0.05, 0.1) is 12.7 Å². The summed E-state index contributed by atoms with van der Waals surface area (Å²) in [6, 6.07) is 0.471. The van der Waals surface area contributed by atoms with Gasteiger partial charge in [-0.3, -0.25) is 4.99 Å². The molecule has 3 fully saturated rings. The van der Waals surface area contributed by atoms with Crippen LogP contribution in [0.15, 0.2) is 4.99 Å². The summed E-state index contributed by atoms with van der Waals surface area (Å²) in [5, 5.41) is 3.82. The van der Waals surface area contributed by atoms with Gasteiger partial charge in [0, 0.05) is 56.1 Å². The summed E-state index contributed by atoms with van der Waals surface area (Å²) in [6.45, 7) is 14.4. The molecule has 2 saturated heterocycles. The number of hydrogen-bond acceptors (Lipinski definition) is 3. The zero-order valence-corrected chi connectivity index (χ0v) is 15.9. The number of hydrogen-bond donors (Lipinski definition) is 1. The minimum Gasteiger partial charge on any atom is -0.381 e. The van der Waals surface area contributed by atoms with E-state index in [0.717, 1.165) is 45.4 Å². The maximum atomic E-state index is 6.04. The number of ether oxygens (including phenoxy) is 2. The third-order valence-corrected chi connectivity index (χ3v) is 6.07. The van der Waals surface area contributed by atoms with Gasteiger partial charge in [-0.2, -0.15) is 0 Å². The van der Waals surface area contributed by atoms with E-state index in [4.69, 9.17) is 14.5 Å². The third kappa shape index (κ3) is 3.43. The Morgan fingerprint density at radius 2 is 2.17 bits per heavy atom. The van der Waals surface area contributed by atoms with Crippen LogP contribution in [-0.2, 0) is 9.47 Å². The fourth-order valence-corrected chi connectivity index (χ4v) is 4.79. The standard InChI is InChI=1S/C19H35N3O2/c1-5-20-18(22-10-9-14(12-22)13-23-6-2)21-16-15-8-7-11-24-17(15)19(16,3)4/h14-17H,5-13H2,1-4H3,(H,20,21). The van der Waals surface area contributed by atoms with E-state index in [1.54, 1.807) is 0 Å². The van der Waals surface area contributed by atoms with E-state index >= 15 is 0 Å². The second-order valence-corrected chi connectivity index (χ2v) is 8.10. The molecule has 0 spiro atoms. The number of fused-ring (bicyclic) bond motifs is 1. The minimum absolute atomic E-state index is 0.185. The zero-order valence-electron chi connectivity index (χ0n) is 15.9. The second-order valence-electron chi connectivity index (χ2n) is 8.10. The number of likely N-dealkylation sites (tertiary alicyclic amines) is 1. The van der Waals surface area contributed by atoms with Crippen molar-refractivity contribution in [1.29, 1.82) is 0 Å². The molecule has 0 bridgehead atoms. The highest BCUT2D eigenvalue weighted by Gasteiger charge is 2.58. The van der Waals surface area contributed by atoms with Crippen LogP contribution >= 0.6 is 0 Å². The van der Waals surface area contributed by atoms with Crippen LogP contribution in [0.2, 0.25) is 0 Å². The fraction of sp³-hybridized carbons (Fsp3) is 0.947. The van der Waals surface area contributed by atoms with Crippen molar-refractivity contribution in [1.82, 2.24) is 10.2 Å². The van der Waals surface area contributed by atoms with Crippen molar-refractivity contribution >= 4 is 5.96 Å². The van der Waals surface area contributed by atoms with E-state index in [9.17, 15) is 0 Å². The highest BCUT2D eigenvalue weighted by molar-refractivity contribution is 5.81. The van der Waals surface area contributed by atoms with Crippen molar-refractivity contribution in [3.05, 3.63) is 0 Å². The van der Waals surface area contributed by atoms with Gasteiger partial charge in [0.15, 0.2) is 5.96 Å². The van der Waals surface area contributed by atoms with E-state index < -0.39 is 0 Å². The van der Waals surface area contributed by atoms with Crippen LogP contribution in [-0.4, -0.2) is 62.5 Å². The van der Waals surface area contributed by atoms with Crippen LogP contribution in [0.4, 0.5) is 0 Å². The quantitative estimate of drug-likeness (QED) is 0.618. The van der Waals surface area contributed by atoms with Crippen molar-refractivity contribution in [2.75, 3.05) is 39.5 Å². The van der Waals surface area contributed by atoms with Gasteiger partial charge < -0.3 is 19.7 Å². The Morgan fingerprint density at radius 1 is 1.33 bits per heavy atom. The first kappa shape index (κ1) is 18.0. The maximum absolute atomic E-state index is 6.04. The lowest BCUT2D eigenvalue weighted by Gasteiger charge is -2.60. The average Bonchev–Trinajstić information content (AvgIpc) is 3.05. The van der Waals surface area contributed by atoms with Gasteiger partial charge in [-0.25, -0.2) is 0 Å². The molecule has 4 atom stereocenters. The summed E-state index contributed by atoms with van der Waals surface area (Å²) in [7, 11) is 0. The molecule has 0 aromatic rings. The maximum Gasteiger partial charge on any atom is 0.194 e. The highest BCUT2D eigenvalue weighted by atomic mass is 16.5. The van der Waals surface area contributed by atoms with Crippen LogP contribution in [0.3, 0.4) is 0 Å². The molecule has 3 rings (SSSR count). The number of rotatable bonds is 5. The zero-order chi connectivity index (χ0) is 17.2. The van der Waals surface area contributed by atoms with Crippen molar-refractivity contribution in [2.45, 2.75) is 59.1 Å². The van der Waals surface area contributed by atoms with E-state index in [1.165, 1.54) is 19.3 Å². The molecule has 0 amide bonds. The average molecular weight is 338 g/mol. The van der Waals surface area contributed by atoms with Crippen LogP contribution in [0.5, 0.6) is 0 Å². The predicted octanol–water partition coefficient (Wildman–Crippen LogP) is 2.51. The summed E-state index contributed by atoms with van der Waals surface area (Å²) in [5.41, 5.74) is 0.185. The molecule has 0 radical (unpaired) electrons. The van der Waals surface area contributed by atoms with Crippen LogP contribution in [0, 0.1) is 17.3 Å². The lowest BCUT2D eigenvalue weighted by molar-refractivity contribution is -0.188. The molecule has 0 aromatic carbocycles. The Hall–Kier alpha value is -0.810. The molecule has 1 aliphatic carbocycles. The largest absolute Gasteiger partial charge is 0.381 e. The van der Waals surface area contributed by atoms with Gasteiger partial charge in [-0.05, 0) is 33.1 Å². The number of nitrogens with zero attached hydrogens (tertiary/aromatic N) is 2. The summed E-state index contributed by atoms with van der Waals surface area (Å²) in [6.07, 6.45) is 4.08. The Bertz CT molecular complexity index is 452. The third-order valence-electron chi connectivity index (χ3n) is 6.07. The normalized spacial score (nSPS) is 35.5. The van der Waals surface area contributed by atoms with Crippen LogP contribution in [0.1, 0.15) is 47.0 Å². The molecule has 5 nitrogen and oxygen atoms in total. The van der Waals surface area contributed by atoms with Crippen LogP contribution in [0.25, 0.3) is 0 Å². The lowest BCUT2D eigenvalue weighted by Crippen LogP contribution is -2.71. The topological polar surface area (TPSA) is 46.1 Å². The SMILES string of the molecule is CCN=C(NC1C2CCCOC2C1(C)C)N1CCC(COCC)C1. The summed E-state index contributed by atoms with van der Waals surface area (Å²) in [5.74, 6) is 2.37. The fourth-order valence-electron chi connectivity index (χ4n) is 4.79. The van der Waals surface area contributed by atoms with Gasteiger partial charge in [0.25, 0.3) is 0 Å². The number of aliphatic imine (C=N–C) groups is 1. The van der Waals surface area contributed by atoms with Crippen molar-refractivity contribution in [2.24, 2.45) is 22.2 Å². The van der Waals surface area contributed by atoms with Crippen molar-refractivity contribution < 1.29 is 9.47 Å². The molecule has 1 saturated carbocycles. The van der Waals surface area contributed by atoms with Gasteiger partial charge in [0.1, 0.15) is 0 Å². The lowest BCUT2D eigenvalue weighted by atomic mass is 9.55. The Morgan fingerprint density at radius 3 is 2.92 bits per heavy atom. The van der Waals surface area contributed by atoms with E-state index in [0.29, 0.717) is 24.0 Å². The summed E-state index contributed by atoms with van der Waals surface area (Å²) < 4.78 is 11.7. The second kappa shape index (κ2) is 7.61. The smallest absolute Gasteiger partial charge is 0.194 e. The van der Waals surface area contributed by atoms with E-state index in [-0.39, 0.29) is 5.41 Å². The molecule has 2 heterocycles. The molecule has 138 valence electrons. The summed E-state index contributed by atoms with van der Waals surface area (Å²) >= 11 is 0. The number of guanidine groups is 1. The van der Waals surface area contributed by atoms with Crippen LogP contribution < -0.4 is 5.32 Å². The minimum atomic E-state index is 0.185. The highest BCUT2D eigenvalue weighted by Crippen LogP contribution is 2.51. The molecule has 2 aliphatic heterocycles. The molecule has 5 heteroatoms. The van der Waals surface area contributed by atoms with Crippen molar-refractivity contribution in [3.63, 3.8) is 0 Å². The molecular formula is C19H35N3O2. The monoisotopic (exact) mass is 337 g/mol. The Kier molecular flexibility index (Phi) is 5.70. The molecule has 1 N–H and O–H groups in total. The Balaban J connectivity index is 1.62. The van der Waals surface area contributed by atoms with Crippen molar-refractivity contribution in [3.8, 4) is 0 Å². The molecule has 24 heavy (non-hydrogen) atoms. The first-order valence-electron chi connectivity index (χ1n) is 9.83. The van der Waals surface area contributed by atoms with Gasteiger partial charge in [0.2, 0.25) is 0 Å². The molecule has 0 aromatic heterocycles. The summed E-state index contributed by atoms with van der Waals surface area (Å²) in [4.78, 5) is 7.23. The van der Waals surface area contributed by atoms with Gasteiger partial charge in [-0.15, -0.1) is 0 Å².